The van der Waals surface area contributed by atoms with Gasteiger partial charge in [0.1, 0.15) is 0 Å². The molecule has 0 radical (unpaired) electrons. The van der Waals surface area contributed by atoms with Gasteiger partial charge in [-0.1, -0.05) is 20.3 Å². The number of nitrogens with zero attached hydrogens (tertiary/aromatic N) is 2. The fourth-order valence-electron chi connectivity index (χ4n) is 3.17. The zero-order valence-electron chi connectivity index (χ0n) is 12.1. The lowest BCUT2D eigenvalue weighted by Crippen LogP contribution is -2.52. The molecule has 6 heteroatoms. The van der Waals surface area contributed by atoms with Crippen molar-refractivity contribution in [1.29, 1.82) is 0 Å². The Hall–Kier alpha value is -0.170. The largest absolute Gasteiger partial charge is 0.329 e. The lowest BCUT2D eigenvalue weighted by molar-refractivity contribution is 0.239. The lowest BCUT2D eigenvalue weighted by atomic mass is 9.96. The Morgan fingerprint density at radius 2 is 1.95 bits per heavy atom. The number of piperidine rings is 1. The second-order valence-corrected chi connectivity index (χ2v) is 8.04. The van der Waals surface area contributed by atoms with Crippen molar-refractivity contribution in [3.8, 4) is 0 Å². The van der Waals surface area contributed by atoms with Crippen LogP contribution in [-0.2, 0) is 10.2 Å². The molecule has 0 aromatic rings. The van der Waals surface area contributed by atoms with E-state index in [9.17, 15) is 8.42 Å². The van der Waals surface area contributed by atoms with Crippen molar-refractivity contribution in [2.75, 3.05) is 26.2 Å². The second-order valence-electron chi connectivity index (χ2n) is 6.15. The maximum absolute atomic E-state index is 12.7. The SMILES string of the molecule is CC(C)C1CCN(S(=O)(=O)N2CCCCC2CN)C1. The summed E-state index contributed by atoms with van der Waals surface area (Å²) in [6.45, 7) is 6.75. The first kappa shape index (κ1) is 15.2. The molecule has 2 rings (SSSR count). The van der Waals surface area contributed by atoms with Crippen LogP contribution in [0, 0.1) is 11.8 Å². The third-order valence-corrected chi connectivity index (χ3v) is 6.66. The van der Waals surface area contributed by atoms with Gasteiger partial charge in [-0.3, -0.25) is 0 Å². The first-order valence-electron chi connectivity index (χ1n) is 7.43. The fourth-order valence-corrected chi connectivity index (χ4v) is 5.11. The molecule has 5 nitrogen and oxygen atoms in total. The maximum Gasteiger partial charge on any atom is 0.282 e. The van der Waals surface area contributed by atoms with Crippen LogP contribution in [0.4, 0.5) is 0 Å². The van der Waals surface area contributed by atoms with Crippen molar-refractivity contribution in [1.82, 2.24) is 8.61 Å². The van der Waals surface area contributed by atoms with Crippen LogP contribution >= 0.6 is 0 Å². The molecule has 0 saturated carbocycles. The molecule has 2 saturated heterocycles. The minimum atomic E-state index is -3.30. The average molecular weight is 289 g/mol. The highest BCUT2D eigenvalue weighted by Gasteiger charge is 2.39. The molecule has 0 amide bonds. The second kappa shape index (κ2) is 6.08. The fraction of sp³-hybridized carbons (Fsp3) is 1.00. The Morgan fingerprint density at radius 1 is 1.21 bits per heavy atom. The van der Waals surface area contributed by atoms with E-state index < -0.39 is 10.2 Å². The van der Waals surface area contributed by atoms with Gasteiger partial charge in [0, 0.05) is 32.2 Å². The lowest BCUT2D eigenvalue weighted by Gasteiger charge is -2.36. The van der Waals surface area contributed by atoms with Gasteiger partial charge in [-0.25, -0.2) is 0 Å². The van der Waals surface area contributed by atoms with Gasteiger partial charge < -0.3 is 5.73 Å². The molecule has 0 bridgehead atoms. The van der Waals surface area contributed by atoms with Crippen LogP contribution < -0.4 is 5.73 Å². The van der Waals surface area contributed by atoms with Gasteiger partial charge in [-0.2, -0.15) is 17.0 Å². The summed E-state index contributed by atoms with van der Waals surface area (Å²) < 4.78 is 28.8. The minimum Gasteiger partial charge on any atom is -0.329 e. The zero-order chi connectivity index (χ0) is 14.0. The summed E-state index contributed by atoms with van der Waals surface area (Å²) in [5.74, 6) is 1.04. The molecule has 2 heterocycles. The first-order valence-corrected chi connectivity index (χ1v) is 8.83. The van der Waals surface area contributed by atoms with E-state index in [4.69, 9.17) is 5.73 Å². The molecule has 0 spiro atoms. The summed E-state index contributed by atoms with van der Waals surface area (Å²) >= 11 is 0. The van der Waals surface area contributed by atoms with Crippen molar-refractivity contribution in [2.45, 2.75) is 45.6 Å². The Labute approximate surface area is 117 Å². The van der Waals surface area contributed by atoms with Gasteiger partial charge in [0.25, 0.3) is 10.2 Å². The molecule has 2 fully saturated rings. The van der Waals surface area contributed by atoms with Crippen LogP contribution in [0.5, 0.6) is 0 Å². The molecular formula is C13H27N3O2S. The summed E-state index contributed by atoms with van der Waals surface area (Å²) in [6, 6.07) is -0.00292. The number of hydrogen-bond acceptors (Lipinski definition) is 3. The Bertz CT molecular complexity index is 397. The average Bonchev–Trinajstić information content (AvgIpc) is 2.89. The van der Waals surface area contributed by atoms with E-state index in [1.807, 2.05) is 0 Å². The smallest absolute Gasteiger partial charge is 0.282 e. The summed E-state index contributed by atoms with van der Waals surface area (Å²) in [5, 5.41) is 0. The molecule has 2 aliphatic heterocycles. The molecule has 2 unspecified atom stereocenters. The standard InChI is InChI=1S/C13H27N3O2S/c1-11(2)12-6-8-15(10-12)19(17,18)16-7-4-3-5-13(16)9-14/h11-13H,3-10,14H2,1-2H3. The van der Waals surface area contributed by atoms with Crippen molar-refractivity contribution in [3.63, 3.8) is 0 Å². The molecule has 0 aliphatic carbocycles. The molecule has 2 N–H and O–H groups in total. The summed E-state index contributed by atoms with van der Waals surface area (Å²) in [5.41, 5.74) is 5.74. The highest BCUT2D eigenvalue weighted by atomic mass is 32.2. The third kappa shape index (κ3) is 3.12. The Kier molecular flexibility index (Phi) is 4.87. The molecule has 2 aliphatic rings. The van der Waals surface area contributed by atoms with E-state index in [0.717, 1.165) is 25.7 Å². The Balaban J connectivity index is 2.09. The van der Waals surface area contributed by atoms with Crippen LogP contribution in [-0.4, -0.2) is 49.2 Å². The normalized spacial score (nSPS) is 31.2. The highest BCUT2D eigenvalue weighted by molar-refractivity contribution is 7.86. The molecule has 0 aromatic carbocycles. The van der Waals surface area contributed by atoms with Crippen LogP contribution in [0.25, 0.3) is 0 Å². The third-order valence-electron chi connectivity index (χ3n) is 4.60. The van der Waals surface area contributed by atoms with Crippen molar-refractivity contribution in [2.24, 2.45) is 17.6 Å². The van der Waals surface area contributed by atoms with Gasteiger partial charge in [0.15, 0.2) is 0 Å². The van der Waals surface area contributed by atoms with E-state index >= 15 is 0 Å². The van der Waals surface area contributed by atoms with E-state index in [1.165, 1.54) is 0 Å². The van der Waals surface area contributed by atoms with E-state index in [0.29, 0.717) is 38.0 Å². The molecule has 112 valence electrons. The van der Waals surface area contributed by atoms with E-state index in [1.54, 1.807) is 8.61 Å². The monoisotopic (exact) mass is 289 g/mol. The molecule has 2 atom stereocenters. The Morgan fingerprint density at radius 3 is 2.53 bits per heavy atom. The van der Waals surface area contributed by atoms with Crippen LogP contribution in [0.15, 0.2) is 0 Å². The topological polar surface area (TPSA) is 66.6 Å². The summed E-state index contributed by atoms with van der Waals surface area (Å²) in [6.07, 6.45) is 3.93. The van der Waals surface area contributed by atoms with Crippen molar-refractivity contribution >= 4 is 10.2 Å². The first-order chi connectivity index (χ1) is 8.96. The van der Waals surface area contributed by atoms with Crippen molar-refractivity contribution < 1.29 is 8.42 Å². The summed E-state index contributed by atoms with van der Waals surface area (Å²) in [7, 11) is -3.30. The molecule has 0 aromatic heterocycles. The quantitative estimate of drug-likeness (QED) is 0.840. The predicted octanol–water partition coefficient (Wildman–Crippen LogP) is 1.02. The number of nitrogens with two attached hydrogens (primary N) is 1. The maximum atomic E-state index is 12.7. The predicted molar refractivity (Wildman–Crippen MR) is 76.8 cm³/mol. The molecular weight excluding hydrogens is 262 g/mol. The molecule has 19 heavy (non-hydrogen) atoms. The number of rotatable bonds is 4. The van der Waals surface area contributed by atoms with E-state index in [-0.39, 0.29) is 6.04 Å². The zero-order valence-corrected chi connectivity index (χ0v) is 12.9. The van der Waals surface area contributed by atoms with Gasteiger partial charge in [0.2, 0.25) is 0 Å². The number of hydrogen-bond donors (Lipinski definition) is 1. The van der Waals surface area contributed by atoms with Gasteiger partial charge in [-0.05, 0) is 31.1 Å². The highest BCUT2D eigenvalue weighted by Crippen LogP contribution is 2.29. The summed E-state index contributed by atoms with van der Waals surface area (Å²) in [4.78, 5) is 0. The minimum absolute atomic E-state index is 0.00292. The van der Waals surface area contributed by atoms with Gasteiger partial charge in [-0.15, -0.1) is 0 Å². The van der Waals surface area contributed by atoms with Gasteiger partial charge >= 0.3 is 0 Å². The van der Waals surface area contributed by atoms with Crippen LogP contribution in [0.1, 0.15) is 39.5 Å². The van der Waals surface area contributed by atoms with Crippen molar-refractivity contribution in [3.05, 3.63) is 0 Å². The van der Waals surface area contributed by atoms with Crippen LogP contribution in [0.2, 0.25) is 0 Å². The van der Waals surface area contributed by atoms with Gasteiger partial charge in [0.05, 0.1) is 0 Å². The van der Waals surface area contributed by atoms with Crippen LogP contribution in [0.3, 0.4) is 0 Å². The van der Waals surface area contributed by atoms with E-state index in [2.05, 4.69) is 13.8 Å².